The number of alkyl carbamates (subject to hydrolysis) is 1. The van der Waals surface area contributed by atoms with Crippen LogP contribution in [-0.4, -0.2) is 42.8 Å². The number of rotatable bonds is 10. The van der Waals surface area contributed by atoms with Crippen LogP contribution in [0.3, 0.4) is 0 Å². The minimum Gasteiger partial charge on any atom is -0.478 e. The molecule has 0 fully saturated rings. The van der Waals surface area contributed by atoms with Gasteiger partial charge in [0.1, 0.15) is 6.61 Å². The van der Waals surface area contributed by atoms with Gasteiger partial charge in [0.15, 0.2) is 0 Å². The van der Waals surface area contributed by atoms with E-state index in [1.54, 1.807) is 0 Å². The van der Waals surface area contributed by atoms with Crippen LogP contribution in [0.5, 0.6) is 0 Å². The van der Waals surface area contributed by atoms with Crippen molar-refractivity contribution in [3.8, 4) is 11.1 Å². The average molecular weight is 451 g/mol. The van der Waals surface area contributed by atoms with Crippen LogP contribution >= 0.6 is 0 Å². The second-order valence-corrected chi connectivity index (χ2v) is 8.52. The SMILES string of the molecule is CC(C)CC(CNC(=O)OCC1c2ccccc2-c2ccccc21)C(=O)NC/C=C/C(=O)O. The molecule has 0 radical (unpaired) electrons. The van der Waals surface area contributed by atoms with Crippen molar-refractivity contribution in [1.82, 2.24) is 10.6 Å². The van der Waals surface area contributed by atoms with Crippen molar-refractivity contribution in [2.45, 2.75) is 26.2 Å². The molecule has 2 aromatic carbocycles. The Hall–Kier alpha value is -3.61. The van der Waals surface area contributed by atoms with Crippen molar-refractivity contribution in [1.29, 1.82) is 0 Å². The number of aliphatic carboxylic acids is 1. The predicted molar refractivity (Wildman–Crippen MR) is 126 cm³/mol. The van der Waals surface area contributed by atoms with Gasteiger partial charge in [-0.3, -0.25) is 4.79 Å². The van der Waals surface area contributed by atoms with Gasteiger partial charge < -0.3 is 20.5 Å². The van der Waals surface area contributed by atoms with Gasteiger partial charge in [0, 0.05) is 25.1 Å². The third-order valence-corrected chi connectivity index (χ3v) is 5.62. The molecule has 0 aromatic heterocycles. The highest BCUT2D eigenvalue weighted by Crippen LogP contribution is 2.44. The Balaban J connectivity index is 1.55. The summed E-state index contributed by atoms with van der Waals surface area (Å²) in [7, 11) is 0. The first-order valence-corrected chi connectivity index (χ1v) is 11.1. The Morgan fingerprint density at radius 1 is 1.00 bits per heavy atom. The number of hydrogen-bond donors (Lipinski definition) is 3. The Morgan fingerprint density at radius 3 is 2.18 bits per heavy atom. The van der Waals surface area contributed by atoms with E-state index in [0.717, 1.165) is 28.3 Å². The van der Waals surface area contributed by atoms with Gasteiger partial charge in [-0.15, -0.1) is 0 Å². The maximum absolute atomic E-state index is 12.5. The normalized spacial score (nSPS) is 13.4. The molecule has 0 saturated carbocycles. The maximum atomic E-state index is 12.5. The lowest BCUT2D eigenvalue weighted by Gasteiger charge is -2.19. The molecule has 3 rings (SSSR count). The van der Waals surface area contributed by atoms with Crippen LogP contribution in [0.25, 0.3) is 11.1 Å². The number of carbonyl (C=O) groups excluding carboxylic acids is 2. The van der Waals surface area contributed by atoms with E-state index < -0.39 is 18.0 Å². The number of hydrogen-bond acceptors (Lipinski definition) is 4. The lowest BCUT2D eigenvalue weighted by molar-refractivity contribution is -0.131. The summed E-state index contributed by atoms with van der Waals surface area (Å²) < 4.78 is 5.54. The first kappa shape index (κ1) is 24.0. The monoisotopic (exact) mass is 450 g/mol. The van der Waals surface area contributed by atoms with E-state index in [2.05, 4.69) is 34.9 Å². The summed E-state index contributed by atoms with van der Waals surface area (Å²) in [5, 5.41) is 14.0. The van der Waals surface area contributed by atoms with Crippen LogP contribution in [0.2, 0.25) is 0 Å². The summed E-state index contributed by atoms with van der Waals surface area (Å²) in [5.74, 6) is -1.53. The van der Waals surface area contributed by atoms with Crippen LogP contribution in [0.1, 0.15) is 37.3 Å². The molecule has 1 aliphatic rings. The smallest absolute Gasteiger partial charge is 0.407 e. The quantitative estimate of drug-likeness (QED) is 0.476. The molecule has 33 heavy (non-hydrogen) atoms. The fourth-order valence-corrected chi connectivity index (χ4v) is 4.17. The van der Waals surface area contributed by atoms with E-state index in [1.165, 1.54) is 6.08 Å². The van der Waals surface area contributed by atoms with Crippen molar-refractivity contribution >= 4 is 18.0 Å². The van der Waals surface area contributed by atoms with Crippen molar-refractivity contribution in [3.63, 3.8) is 0 Å². The Kier molecular flexibility index (Phi) is 8.24. The molecule has 7 heteroatoms. The van der Waals surface area contributed by atoms with E-state index >= 15 is 0 Å². The number of benzene rings is 2. The van der Waals surface area contributed by atoms with Gasteiger partial charge in [-0.2, -0.15) is 0 Å². The predicted octanol–water partition coefficient (Wildman–Crippen LogP) is 3.94. The molecule has 2 aromatic rings. The first-order valence-electron chi connectivity index (χ1n) is 11.1. The molecular formula is C26H30N2O5. The summed E-state index contributed by atoms with van der Waals surface area (Å²) in [6.07, 6.45) is 2.36. The molecule has 0 heterocycles. The summed E-state index contributed by atoms with van der Waals surface area (Å²) >= 11 is 0. The molecule has 2 amide bonds. The summed E-state index contributed by atoms with van der Waals surface area (Å²) in [6.45, 7) is 4.46. The highest BCUT2D eigenvalue weighted by atomic mass is 16.5. The highest BCUT2D eigenvalue weighted by molar-refractivity contribution is 5.81. The number of carbonyl (C=O) groups is 3. The van der Waals surface area contributed by atoms with Gasteiger partial charge in [-0.1, -0.05) is 68.5 Å². The second kappa shape index (κ2) is 11.3. The van der Waals surface area contributed by atoms with Crippen molar-refractivity contribution in [3.05, 3.63) is 71.8 Å². The Labute approximate surface area is 193 Å². The zero-order valence-electron chi connectivity index (χ0n) is 18.9. The topological polar surface area (TPSA) is 105 Å². The largest absolute Gasteiger partial charge is 0.478 e. The molecule has 3 N–H and O–H groups in total. The minimum atomic E-state index is -1.07. The fraction of sp³-hybridized carbons (Fsp3) is 0.346. The van der Waals surface area contributed by atoms with Gasteiger partial charge in [0.2, 0.25) is 5.91 Å². The molecule has 1 aliphatic carbocycles. The van der Waals surface area contributed by atoms with Gasteiger partial charge in [-0.05, 0) is 34.6 Å². The number of fused-ring (bicyclic) bond motifs is 3. The summed E-state index contributed by atoms with van der Waals surface area (Å²) in [4.78, 5) is 35.5. The number of ether oxygens (including phenoxy) is 1. The zero-order chi connectivity index (χ0) is 23.8. The minimum absolute atomic E-state index is 0.0288. The van der Waals surface area contributed by atoms with Crippen LogP contribution in [0, 0.1) is 11.8 Å². The number of carboxylic acids is 1. The molecule has 0 spiro atoms. The van der Waals surface area contributed by atoms with Gasteiger partial charge in [0.25, 0.3) is 0 Å². The van der Waals surface area contributed by atoms with Crippen LogP contribution < -0.4 is 10.6 Å². The van der Waals surface area contributed by atoms with Crippen LogP contribution in [0.4, 0.5) is 4.79 Å². The third-order valence-electron chi connectivity index (χ3n) is 5.62. The molecule has 0 saturated heterocycles. The molecule has 174 valence electrons. The molecular weight excluding hydrogens is 420 g/mol. The second-order valence-electron chi connectivity index (χ2n) is 8.52. The van der Waals surface area contributed by atoms with E-state index in [-0.39, 0.29) is 37.4 Å². The maximum Gasteiger partial charge on any atom is 0.407 e. The van der Waals surface area contributed by atoms with E-state index in [9.17, 15) is 14.4 Å². The van der Waals surface area contributed by atoms with Crippen molar-refractivity contribution < 1.29 is 24.2 Å². The van der Waals surface area contributed by atoms with Crippen LogP contribution in [0.15, 0.2) is 60.7 Å². The van der Waals surface area contributed by atoms with Gasteiger partial charge >= 0.3 is 12.1 Å². The number of carboxylic acid groups (broad SMARTS) is 1. The van der Waals surface area contributed by atoms with E-state index in [0.29, 0.717) is 6.42 Å². The molecule has 1 atom stereocenters. The molecule has 7 nitrogen and oxygen atoms in total. The summed E-state index contributed by atoms with van der Waals surface area (Å²) in [6, 6.07) is 16.2. The van der Waals surface area contributed by atoms with E-state index in [1.807, 2.05) is 38.1 Å². The molecule has 1 unspecified atom stereocenters. The van der Waals surface area contributed by atoms with Gasteiger partial charge in [0.05, 0.1) is 5.92 Å². The fourth-order valence-electron chi connectivity index (χ4n) is 4.17. The Bertz CT molecular complexity index is 985. The number of amides is 2. The molecule has 0 aliphatic heterocycles. The summed E-state index contributed by atoms with van der Waals surface area (Å²) in [5.41, 5.74) is 4.59. The van der Waals surface area contributed by atoms with E-state index in [4.69, 9.17) is 9.84 Å². The third kappa shape index (κ3) is 6.44. The highest BCUT2D eigenvalue weighted by Gasteiger charge is 2.29. The van der Waals surface area contributed by atoms with Crippen molar-refractivity contribution in [2.24, 2.45) is 11.8 Å². The zero-order valence-corrected chi connectivity index (χ0v) is 18.9. The first-order chi connectivity index (χ1) is 15.9. The van der Waals surface area contributed by atoms with Gasteiger partial charge in [-0.25, -0.2) is 9.59 Å². The lowest BCUT2D eigenvalue weighted by Crippen LogP contribution is -2.40. The lowest BCUT2D eigenvalue weighted by atomic mass is 9.96. The average Bonchev–Trinajstić information content (AvgIpc) is 3.11. The number of nitrogens with one attached hydrogen (secondary N) is 2. The van der Waals surface area contributed by atoms with Crippen LogP contribution in [-0.2, 0) is 14.3 Å². The Morgan fingerprint density at radius 2 is 1.61 bits per heavy atom. The van der Waals surface area contributed by atoms with Crippen molar-refractivity contribution in [2.75, 3.05) is 19.7 Å². The standard InChI is InChI=1S/C26H30N2O5/c1-17(2)14-18(25(31)27-13-7-12-24(29)30)15-28-26(32)33-16-23-21-10-5-3-8-19(21)20-9-4-6-11-22(20)23/h3-12,17-18,23H,13-16H2,1-2H3,(H,27,31)(H,28,32)(H,29,30)/b12-7+. The molecule has 0 bridgehead atoms.